The first-order chi connectivity index (χ1) is 30.7. The summed E-state index contributed by atoms with van der Waals surface area (Å²) in [6.07, 6.45) is 8.99. The van der Waals surface area contributed by atoms with E-state index in [-0.39, 0.29) is 18.6 Å². The molecule has 0 fully saturated rings. The summed E-state index contributed by atoms with van der Waals surface area (Å²) < 4.78 is 26.1. The lowest BCUT2D eigenvalue weighted by atomic mass is 9.94. The van der Waals surface area contributed by atoms with Gasteiger partial charge in [-0.1, -0.05) is 70.7 Å². The van der Waals surface area contributed by atoms with Gasteiger partial charge in [0.25, 0.3) is 5.91 Å². The van der Waals surface area contributed by atoms with Crippen molar-refractivity contribution in [3.63, 3.8) is 0 Å². The number of ether oxygens (including phenoxy) is 2. The average Bonchev–Trinajstić information content (AvgIpc) is 4.05. The Morgan fingerprint density at radius 1 is 0.719 bits per heavy atom. The van der Waals surface area contributed by atoms with Gasteiger partial charge in [0.1, 0.15) is 29.5 Å². The van der Waals surface area contributed by atoms with Crippen molar-refractivity contribution in [1.82, 2.24) is 39.2 Å². The standard InChI is InChI=1S/C21H19Cl2N5O2.C21H17Cl2N5O.Cl3OP/c1-30-12-17-19(21(29)25-11-14-4-2-3-8-24-14)20(28-18(27-17)7-9-26-28)13-5-6-15(22)16(23)10-13;1-29-12-17-19(21-24-11-14-4-2-3-9-27(14)21)20(28-18(26-17)7-8-25-28)13-5-6-15(22)16(23)10-13;1-5(2,3)4/h2-10,20,27H,11-12H2,1H3,(H,25,29);2-11,20,26H,12H2,1H3;. The first kappa shape index (κ1) is 47.4. The van der Waals surface area contributed by atoms with Gasteiger partial charge in [-0.25, -0.2) is 14.3 Å². The maximum Gasteiger partial charge on any atom is 0.339 e. The number of carbonyl (C=O) groups excluding carboxylic acids is 1. The highest BCUT2D eigenvalue weighted by Crippen LogP contribution is 2.61. The summed E-state index contributed by atoms with van der Waals surface area (Å²) in [6, 6.07) is 25.5. The molecule has 14 nitrogen and oxygen atoms in total. The number of amides is 1. The Kier molecular flexibility index (Phi) is 15.7. The SMILES string of the molecule is COCC1=C(C(=O)NCc2ccccn2)C(c2ccc(Cl)c(Cl)c2)n2nccc2N1.COCC1=C(c2ncc3ccccn23)C(c2ccc(Cl)c(Cl)c2)n2nccc2N1.O=P(Cl)(Cl)Cl. The fourth-order valence-corrected chi connectivity index (χ4v) is 7.80. The number of nitrogens with one attached hydrogen (secondary N) is 3. The first-order valence-corrected chi connectivity index (χ1v) is 24.9. The third-order valence-corrected chi connectivity index (χ3v) is 11.2. The van der Waals surface area contributed by atoms with Crippen molar-refractivity contribution < 1.29 is 18.8 Å². The highest BCUT2D eigenvalue weighted by atomic mass is 36.0. The number of hydrogen-bond acceptors (Lipinski definition) is 10. The predicted octanol–water partition coefficient (Wildman–Crippen LogP) is 11.5. The number of imidazole rings is 1. The van der Waals surface area contributed by atoms with E-state index in [0.29, 0.717) is 44.5 Å². The Balaban J connectivity index is 0.000000173. The maximum atomic E-state index is 13.3. The molecule has 2 aromatic carbocycles. The van der Waals surface area contributed by atoms with Crippen molar-refractivity contribution in [3.8, 4) is 0 Å². The number of pyridine rings is 2. The zero-order valence-electron chi connectivity index (χ0n) is 33.6. The van der Waals surface area contributed by atoms with E-state index >= 15 is 0 Å². The van der Waals surface area contributed by atoms with Crippen LogP contribution in [0.1, 0.15) is 34.7 Å². The predicted molar refractivity (Wildman–Crippen MR) is 255 cm³/mol. The minimum atomic E-state index is -3.22. The molecule has 22 heteroatoms. The van der Waals surface area contributed by atoms with E-state index in [0.717, 1.165) is 51.1 Å². The number of methoxy groups -OCH3 is 2. The number of halogens is 7. The van der Waals surface area contributed by atoms with E-state index in [1.165, 1.54) is 0 Å². The second-order valence-electron chi connectivity index (χ2n) is 13.9. The molecule has 332 valence electrons. The van der Waals surface area contributed by atoms with E-state index in [1.54, 1.807) is 49.6 Å². The molecule has 2 aliphatic rings. The number of nitrogens with zero attached hydrogens (tertiary/aromatic N) is 7. The van der Waals surface area contributed by atoms with Crippen LogP contribution >= 0.6 is 85.3 Å². The zero-order valence-corrected chi connectivity index (χ0v) is 39.8. The topological polar surface area (TPSA) is 155 Å². The number of rotatable bonds is 10. The van der Waals surface area contributed by atoms with Crippen molar-refractivity contribution >= 4 is 114 Å². The van der Waals surface area contributed by atoms with Crippen LogP contribution in [-0.4, -0.2) is 67.3 Å². The second-order valence-corrected chi connectivity index (χ2v) is 22.1. The summed E-state index contributed by atoms with van der Waals surface area (Å²) in [7, 11) is 3.26. The molecule has 1 amide bonds. The highest BCUT2D eigenvalue weighted by Gasteiger charge is 2.35. The Bertz CT molecular complexity index is 2890. The molecule has 0 saturated heterocycles. The van der Waals surface area contributed by atoms with Crippen molar-refractivity contribution in [2.24, 2.45) is 0 Å². The first-order valence-electron chi connectivity index (χ1n) is 19.0. The summed E-state index contributed by atoms with van der Waals surface area (Å²) in [5.74, 6) is 2.19. The van der Waals surface area contributed by atoms with Crippen molar-refractivity contribution in [2.45, 2.75) is 18.6 Å². The van der Waals surface area contributed by atoms with Crippen LogP contribution in [0.2, 0.25) is 20.1 Å². The normalized spacial score (nSPS) is 15.5. The van der Waals surface area contributed by atoms with E-state index in [1.807, 2.05) is 89.9 Å². The number of hydrogen-bond donors (Lipinski definition) is 3. The summed E-state index contributed by atoms with van der Waals surface area (Å²) >= 11 is 38.8. The summed E-state index contributed by atoms with van der Waals surface area (Å²) in [6.45, 7) is 0.929. The zero-order chi connectivity index (χ0) is 45.5. The van der Waals surface area contributed by atoms with Crippen LogP contribution < -0.4 is 16.0 Å². The van der Waals surface area contributed by atoms with Gasteiger partial charge in [-0.2, -0.15) is 10.2 Å². The monoisotopic (exact) mass is 1020 g/mol. The van der Waals surface area contributed by atoms with Crippen LogP contribution in [0.25, 0.3) is 11.1 Å². The van der Waals surface area contributed by atoms with Gasteiger partial charge in [0.15, 0.2) is 0 Å². The van der Waals surface area contributed by atoms with E-state index < -0.39 is 11.2 Å². The lowest BCUT2D eigenvalue weighted by molar-refractivity contribution is -0.118. The molecule has 64 heavy (non-hydrogen) atoms. The van der Waals surface area contributed by atoms with Crippen LogP contribution in [-0.2, 0) is 25.4 Å². The van der Waals surface area contributed by atoms with Crippen LogP contribution in [0, 0.1) is 0 Å². The molecular weight excluding hydrogens is 988 g/mol. The smallest absolute Gasteiger partial charge is 0.339 e. The lowest BCUT2D eigenvalue weighted by Gasteiger charge is -2.31. The molecule has 0 bridgehead atoms. The van der Waals surface area contributed by atoms with Gasteiger partial charge in [-0.15, -0.1) is 0 Å². The Labute approximate surface area is 401 Å². The lowest BCUT2D eigenvalue weighted by Crippen LogP contribution is -2.36. The number of anilines is 2. The quantitative estimate of drug-likeness (QED) is 0.113. The number of carbonyl (C=O) groups is 1. The van der Waals surface area contributed by atoms with Gasteiger partial charge < -0.3 is 25.4 Å². The van der Waals surface area contributed by atoms with Crippen molar-refractivity contribution in [1.29, 1.82) is 0 Å². The largest absolute Gasteiger partial charge is 0.378 e. The molecule has 0 saturated carbocycles. The Morgan fingerprint density at radius 2 is 1.30 bits per heavy atom. The van der Waals surface area contributed by atoms with Crippen molar-refractivity contribution in [2.75, 3.05) is 38.1 Å². The molecule has 0 radical (unpaired) electrons. The van der Waals surface area contributed by atoms with Gasteiger partial charge in [0.2, 0.25) is 0 Å². The van der Waals surface area contributed by atoms with Gasteiger partial charge in [0.05, 0.1) is 86.6 Å². The van der Waals surface area contributed by atoms with Gasteiger partial charge in [-0.3, -0.25) is 18.7 Å². The molecule has 5 aromatic heterocycles. The van der Waals surface area contributed by atoms with Gasteiger partial charge >= 0.3 is 5.20 Å². The van der Waals surface area contributed by atoms with Crippen LogP contribution in [0.15, 0.2) is 133 Å². The third kappa shape index (κ3) is 11.1. The molecule has 9 rings (SSSR count). The second kappa shape index (κ2) is 21.2. The summed E-state index contributed by atoms with van der Waals surface area (Å²) in [5.41, 5.74) is 6.54. The fourth-order valence-electron chi connectivity index (χ4n) is 7.18. The third-order valence-electron chi connectivity index (χ3n) is 9.76. The summed E-state index contributed by atoms with van der Waals surface area (Å²) in [5, 5.41) is 17.3. The van der Waals surface area contributed by atoms with Crippen LogP contribution in [0.4, 0.5) is 11.6 Å². The molecule has 3 N–H and O–H groups in total. The average molecular weight is 1020 g/mol. The van der Waals surface area contributed by atoms with Crippen LogP contribution in [0.3, 0.4) is 0 Å². The molecule has 0 aliphatic carbocycles. The van der Waals surface area contributed by atoms with E-state index in [2.05, 4.69) is 69.3 Å². The molecule has 2 aliphatic heterocycles. The minimum Gasteiger partial charge on any atom is -0.378 e. The molecule has 0 spiro atoms. The highest BCUT2D eigenvalue weighted by molar-refractivity contribution is 8.24. The molecule has 7 aromatic rings. The Hall–Kier alpha value is -4.57. The number of fused-ring (bicyclic) bond motifs is 3. The number of aromatic nitrogens is 7. The van der Waals surface area contributed by atoms with Crippen LogP contribution in [0.5, 0.6) is 0 Å². The number of allylic oxidation sites excluding steroid dienone is 1. The minimum absolute atomic E-state index is 0.231. The molecular formula is C42H36Cl7N10O4P. The van der Waals surface area contributed by atoms with E-state index in [4.69, 9.17) is 60.9 Å². The Morgan fingerprint density at radius 3 is 1.89 bits per heavy atom. The van der Waals surface area contributed by atoms with Gasteiger partial charge in [0, 0.05) is 44.3 Å². The molecule has 2 unspecified atom stereocenters. The van der Waals surface area contributed by atoms with Gasteiger partial charge in [-0.05, 0) is 93.4 Å². The molecule has 7 heterocycles. The molecule has 2 atom stereocenters. The summed E-state index contributed by atoms with van der Waals surface area (Å²) in [4.78, 5) is 22.3. The number of benzene rings is 2. The maximum absolute atomic E-state index is 13.3. The van der Waals surface area contributed by atoms with Crippen molar-refractivity contribution in [3.05, 3.63) is 176 Å². The van der Waals surface area contributed by atoms with E-state index in [9.17, 15) is 9.36 Å². The fraction of sp³-hybridized carbons (Fsp3) is 0.167.